The smallest absolute Gasteiger partial charge is 0.255 e. The van der Waals surface area contributed by atoms with Gasteiger partial charge in [0.05, 0.1) is 12.7 Å². The maximum atomic E-state index is 12.3. The van der Waals surface area contributed by atoms with Crippen molar-refractivity contribution >= 4 is 11.8 Å². The molecule has 0 aromatic heterocycles. The van der Waals surface area contributed by atoms with Crippen LogP contribution in [0.25, 0.3) is 0 Å². The van der Waals surface area contributed by atoms with Crippen LogP contribution in [-0.4, -0.2) is 43.5 Å². The standard InChI is InChI=1S/C18H26N2O3/c1-13-10-14(2)12-20(11-13)17(21)8-9-19-18(22)15-6-4-5-7-16(15)23-3/h4-7,13-14H,8-12H2,1-3H3,(H,19,22)/t13-,14-/m0/s1. The first-order valence-corrected chi connectivity index (χ1v) is 8.20. The molecule has 0 unspecified atom stereocenters. The van der Waals surface area contributed by atoms with Crippen molar-refractivity contribution in [3.63, 3.8) is 0 Å². The van der Waals surface area contributed by atoms with Gasteiger partial charge in [-0.3, -0.25) is 9.59 Å². The lowest BCUT2D eigenvalue weighted by Crippen LogP contribution is -2.43. The molecular weight excluding hydrogens is 292 g/mol. The summed E-state index contributed by atoms with van der Waals surface area (Å²) in [7, 11) is 1.54. The van der Waals surface area contributed by atoms with Crippen LogP contribution < -0.4 is 10.1 Å². The van der Waals surface area contributed by atoms with Crippen LogP contribution in [0.3, 0.4) is 0 Å². The highest BCUT2D eigenvalue weighted by atomic mass is 16.5. The van der Waals surface area contributed by atoms with Crippen molar-refractivity contribution in [3.8, 4) is 5.75 Å². The number of para-hydroxylation sites is 1. The first kappa shape index (κ1) is 17.3. The molecule has 0 saturated carbocycles. The molecule has 0 aliphatic carbocycles. The van der Waals surface area contributed by atoms with Gasteiger partial charge in [0.15, 0.2) is 0 Å². The molecule has 0 spiro atoms. The van der Waals surface area contributed by atoms with E-state index >= 15 is 0 Å². The molecule has 5 heteroatoms. The third-order valence-corrected chi connectivity index (χ3v) is 4.20. The Labute approximate surface area is 138 Å². The van der Waals surface area contributed by atoms with Gasteiger partial charge in [-0.1, -0.05) is 26.0 Å². The number of nitrogens with zero attached hydrogens (tertiary/aromatic N) is 1. The molecule has 1 aromatic carbocycles. The lowest BCUT2D eigenvalue weighted by molar-refractivity contribution is -0.133. The lowest BCUT2D eigenvalue weighted by Gasteiger charge is -2.35. The highest BCUT2D eigenvalue weighted by molar-refractivity contribution is 5.97. The Morgan fingerprint density at radius 3 is 2.52 bits per heavy atom. The van der Waals surface area contributed by atoms with Gasteiger partial charge in [-0.2, -0.15) is 0 Å². The fourth-order valence-corrected chi connectivity index (χ4v) is 3.24. The Balaban J connectivity index is 1.82. The zero-order chi connectivity index (χ0) is 16.8. The number of likely N-dealkylation sites (tertiary alicyclic amines) is 1. The maximum absolute atomic E-state index is 12.3. The van der Waals surface area contributed by atoms with E-state index in [0.29, 0.717) is 36.1 Å². The van der Waals surface area contributed by atoms with Gasteiger partial charge in [0.25, 0.3) is 5.91 Å². The maximum Gasteiger partial charge on any atom is 0.255 e. The molecule has 1 fully saturated rings. The van der Waals surface area contributed by atoms with Gasteiger partial charge >= 0.3 is 0 Å². The van der Waals surface area contributed by atoms with Crippen molar-refractivity contribution in [3.05, 3.63) is 29.8 Å². The number of carbonyl (C=O) groups excluding carboxylic acids is 2. The minimum atomic E-state index is -0.212. The predicted molar refractivity (Wildman–Crippen MR) is 89.5 cm³/mol. The van der Waals surface area contributed by atoms with Crippen molar-refractivity contribution in [1.29, 1.82) is 0 Å². The Hall–Kier alpha value is -2.04. The predicted octanol–water partition coefficient (Wildman–Crippen LogP) is 2.32. The number of carbonyl (C=O) groups is 2. The van der Waals surface area contributed by atoms with Gasteiger partial charge < -0.3 is 15.0 Å². The molecule has 1 heterocycles. The Morgan fingerprint density at radius 1 is 1.22 bits per heavy atom. The van der Waals surface area contributed by atoms with Crippen LogP contribution >= 0.6 is 0 Å². The molecule has 2 rings (SSSR count). The number of hydrogen-bond donors (Lipinski definition) is 1. The average molecular weight is 318 g/mol. The van der Waals surface area contributed by atoms with Crippen molar-refractivity contribution < 1.29 is 14.3 Å². The van der Waals surface area contributed by atoms with Gasteiger partial charge in [0, 0.05) is 26.1 Å². The van der Waals surface area contributed by atoms with E-state index in [9.17, 15) is 9.59 Å². The summed E-state index contributed by atoms with van der Waals surface area (Å²) in [5.41, 5.74) is 0.489. The lowest BCUT2D eigenvalue weighted by atomic mass is 9.92. The monoisotopic (exact) mass is 318 g/mol. The Morgan fingerprint density at radius 2 is 1.87 bits per heavy atom. The van der Waals surface area contributed by atoms with E-state index in [1.54, 1.807) is 18.2 Å². The second kappa shape index (κ2) is 7.99. The van der Waals surface area contributed by atoms with Crippen LogP contribution in [0.2, 0.25) is 0 Å². The van der Waals surface area contributed by atoms with Gasteiger partial charge in [0.2, 0.25) is 5.91 Å². The van der Waals surface area contributed by atoms with Crippen LogP contribution in [0.15, 0.2) is 24.3 Å². The molecule has 2 amide bonds. The van der Waals surface area contributed by atoms with E-state index in [4.69, 9.17) is 4.74 Å². The van der Waals surface area contributed by atoms with Crippen molar-refractivity contribution in [2.45, 2.75) is 26.7 Å². The average Bonchev–Trinajstić information content (AvgIpc) is 2.53. The second-order valence-electron chi connectivity index (χ2n) is 6.45. The summed E-state index contributed by atoms with van der Waals surface area (Å²) in [4.78, 5) is 26.4. The minimum absolute atomic E-state index is 0.115. The molecule has 0 radical (unpaired) electrons. The summed E-state index contributed by atoms with van der Waals surface area (Å²) in [6.45, 7) is 6.35. The number of rotatable bonds is 5. The molecule has 1 aromatic rings. The first-order chi connectivity index (χ1) is 11.0. The fourth-order valence-electron chi connectivity index (χ4n) is 3.24. The molecule has 0 bridgehead atoms. The SMILES string of the molecule is COc1ccccc1C(=O)NCCC(=O)N1C[C@@H](C)C[C@H](C)C1. The number of ether oxygens (including phenoxy) is 1. The van der Waals surface area contributed by atoms with E-state index in [-0.39, 0.29) is 11.8 Å². The highest BCUT2D eigenvalue weighted by Gasteiger charge is 2.25. The summed E-state index contributed by atoms with van der Waals surface area (Å²) in [5.74, 6) is 1.53. The molecule has 23 heavy (non-hydrogen) atoms. The number of piperidine rings is 1. The Bertz CT molecular complexity index is 549. The summed E-state index contributed by atoms with van der Waals surface area (Å²) in [5, 5.41) is 2.80. The summed E-state index contributed by atoms with van der Waals surface area (Å²) in [6.07, 6.45) is 1.51. The quantitative estimate of drug-likeness (QED) is 0.906. The topological polar surface area (TPSA) is 58.6 Å². The summed E-state index contributed by atoms with van der Waals surface area (Å²) in [6, 6.07) is 7.07. The van der Waals surface area contributed by atoms with Gasteiger partial charge in [0.1, 0.15) is 5.75 Å². The van der Waals surface area contributed by atoms with Crippen molar-refractivity contribution in [2.24, 2.45) is 11.8 Å². The highest BCUT2D eigenvalue weighted by Crippen LogP contribution is 2.21. The van der Waals surface area contributed by atoms with E-state index in [1.807, 2.05) is 11.0 Å². The molecule has 1 N–H and O–H groups in total. The normalized spacial score (nSPS) is 20.9. The largest absolute Gasteiger partial charge is 0.496 e. The van der Waals surface area contributed by atoms with Crippen molar-refractivity contribution in [2.75, 3.05) is 26.7 Å². The zero-order valence-electron chi connectivity index (χ0n) is 14.2. The minimum Gasteiger partial charge on any atom is -0.496 e. The van der Waals surface area contributed by atoms with E-state index in [2.05, 4.69) is 19.2 Å². The fraction of sp³-hybridized carbons (Fsp3) is 0.556. The van der Waals surface area contributed by atoms with Crippen LogP contribution in [0.1, 0.15) is 37.0 Å². The van der Waals surface area contributed by atoms with Crippen LogP contribution in [0, 0.1) is 11.8 Å². The van der Waals surface area contributed by atoms with Crippen LogP contribution in [0.4, 0.5) is 0 Å². The summed E-state index contributed by atoms with van der Waals surface area (Å²) >= 11 is 0. The molecule has 1 aliphatic rings. The van der Waals surface area contributed by atoms with E-state index in [0.717, 1.165) is 13.1 Å². The van der Waals surface area contributed by atoms with Gasteiger partial charge in [-0.05, 0) is 30.4 Å². The third-order valence-electron chi connectivity index (χ3n) is 4.20. The number of nitrogens with one attached hydrogen (secondary N) is 1. The first-order valence-electron chi connectivity index (χ1n) is 8.20. The number of hydrogen-bond acceptors (Lipinski definition) is 3. The molecule has 126 valence electrons. The van der Waals surface area contributed by atoms with Crippen LogP contribution in [-0.2, 0) is 4.79 Å². The zero-order valence-corrected chi connectivity index (χ0v) is 14.2. The van der Waals surface area contributed by atoms with Gasteiger partial charge in [-0.15, -0.1) is 0 Å². The molecule has 1 saturated heterocycles. The second-order valence-corrected chi connectivity index (χ2v) is 6.45. The van der Waals surface area contributed by atoms with E-state index < -0.39 is 0 Å². The molecular formula is C18H26N2O3. The summed E-state index contributed by atoms with van der Waals surface area (Å²) < 4.78 is 5.18. The number of methoxy groups -OCH3 is 1. The van der Waals surface area contributed by atoms with Crippen LogP contribution in [0.5, 0.6) is 5.75 Å². The molecule has 1 aliphatic heterocycles. The molecule has 2 atom stereocenters. The van der Waals surface area contributed by atoms with Crippen molar-refractivity contribution in [1.82, 2.24) is 10.2 Å². The third kappa shape index (κ3) is 4.71. The number of benzene rings is 1. The number of amides is 2. The Kier molecular flexibility index (Phi) is 6.02. The molecule has 5 nitrogen and oxygen atoms in total. The van der Waals surface area contributed by atoms with E-state index in [1.165, 1.54) is 13.5 Å². The van der Waals surface area contributed by atoms with Gasteiger partial charge in [-0.25, -0.2) is 0 Å².